The van der Waals surface area contributed by atoms with Crippen molar-refractivity contribution < 1.29 is 46.8 Å². The number of halogens is 1. The fraction of sp³-hybridized carbons (Fsp3) is 0.654. The highest BCUT2D eigenvalue weighted by Gasteiger charge is 2.09. The zero-order valence-corrected chi connectivity index (χ0v) is 35.3. The molecule has 0 fully saturated rings. The third-order valence-electron chi connectivity index (χ3n) is 2.93. The molecule has 0 amide bonds. The van der Waals surface area contributed by atoms with E-state index in [1.165, 1.54) is 23.5 Å². The molecule has 0 saturated heterocycles. The van der Waals surface area contributed by atoms with Gasteiger partial charge >= 0.3 is 22.3 Å². The quantitative estimate of drug-likeness (QED) is 0.0337. The molecule has 0 aliphatic heterocycles. The molecule has 0 unspecified atom stereocenters. The number of amidine groups is 3. The molecule has 51 heavy (non-hydrogen) atoms. The zero-order chi connectivity index (χ0) is 42.4. The molecule has 0 radical (unpaired) electrons. The summed E-state index contributed by atoms with van der Waals surface area (Å²) in [6.07, 6.45) is 4.96. The second-order valence-corrected chi connectivity index (χ2v) is 9.95. The van der Waals surface area contributed by atoms with Gasteiger partial charge in [0.25, 0.3) is 5.56 Å². The van der Waals surface area contributed by atoms with E-state index in [1.807, 2.05) is 25.7 Å². The number of aromatic amines is 1. The Hall–Kier alpha value is -2.95. The van der Waals surface area contributed by atoms with Crippen LogP contribution in [0.5, 0.6) is 5.88 Å². The van der Waals surface area contributed by atoms with Gasteiger partial charge in [0.05, 0.1) is 25.1 Å². The van der Waals surface area contributed by atoms with Crippen LogP contribution >= 0.6 is 46.1 Å². The summed E-state index contributed by atoms with van der Waals surface area (Å²) in [5.74, 6) is -0.767. The van der Waals surface area contributed by atoms with Gasteiger partial charge in [-0.15, -0.1) is 0 Å². The number of anilines is 1. The van der Waals surface area contributed by atoms with E-state index in [2.05, 4.69) is 47.3 Å². The molecule has 25 heteroatoms. The molecule has 21 nitrogen and oxygen atoms in total. The molecule has 0 atom stereocenters. The number of carbonyl (C=O) groups excluding carboxylic acids is 2. The number of aromatic hydroxyl groups is 1. The van der Waals surface area contributed by atoms with Gasteiger partial charge in [-0.3, -0.25) is 44.7 Å². The lowest BCUT2D eigenvalue weighted by Gasteiger charge is -2.00. The summed E-state index contributed by atoms with van der Waals surface area (Å²) < 4.78 is 40.6. The summed E-state index contributed by atoms with van der Waals surface area (Å²) >= 11 is 4.63. The molecule has 306 valence electrons. The number of aromatic nitrogens is 2. The molecule has 0 spiro atoms. The molecule has 0 aliphatic rings. The van der Waals surface area contributed by atoms with Crippen molar-refractivity contribution in [1.29, 1.82) is 16.2 Å². The van der Waals surface area contributed by atoms with Crippen LogP contribution in [0, 0.1) is 16.2 Å². The molecule has 1 heterocycles. The second-order valence-electron chi connectivity index (χ2n) is 7.35. The van der Waals surface area contributed by atoms with E-state index in [0.717, 1.165) is 25.5 Å². The van der Waals surface area contributed by atoms with Crippen molar-refractivity contribution in [1.82, 2.24) is 9.97 Å². The average Bonchev–Trinajstić information content (AvgIpc) is 2.99. The van der Waals surface area contributed by atoms with Gasteiger partial charge < -0.3 is 47.9 Å². The SMILES string of the molecule is CCCC(=N)N.CCN.CCNc1nc(O)cc(=O)[nH]1.CCO.CCOC(=O)CC(=O)OCC.CI.CSC(=N)N.CSC(=N)N.O=S(=O)(O)O. The van der Waals surface area contributed by atoms with Crippen molar-refractivity contribution in [2.45, 2.75) is 60.8 Å². The van der Waals surface area contributed by atoms with E-state index < -0.39 is 22.3 Å². The number of nitrogens with zero attached hydrogens (tertiary/aromatic N) is 1. The minimum Gasteiger partial charge on any atom is -0.493 e. The Morgan fingerprint density at radius 3 is 1.43 bits per heavy atom. The molecule has 0 bridgehead atoms. The number of hydrogen-bond acceptors (Lipinski definition) is 17. The fourth-order valence-electron chi connectivity index (χ4n) is 1.51. The van der Waals surface area contributed by atoms with Gasteiger partial charge in [0, 0.05) is 19.6 Å². The van der Waals surface area contributed by atoms with Crippen LogP contribution in [0.25, 0.3) is 0 Å². The number of ether oxygens (including phenoxy) is 2. The van der Waals surface area contributed by atoms with Crippen molar-refractivity contribution in [3.05, 3.63) is 16.4 Å². The molecule has 1 aromatic heterocycles. The molecule has 0 aliphatic carbocycles. The summed E-state index contributed by atoms with van der Waals surface area (Å²) in [7, 11) is -4.67. The summed E-state index contributed by atoms with van der Waals surface area (Å²) in [6, 6.07) is 1.01. The predicted molar refractivity (Wildman–Crippen MR) is 218 cm³/mol. The number of hydrogen-bond donors (Lipinski definition) is 13. The summed E-state index contributed by atoms with van der Waals surface area (Å²) in [6.45, 7) is 13.0. The van der Waals surface area contributed by atoms with E-state index in [9.17, 15) is 14.4 Å². The second kappa shape index (κ2) is 53.8. The minimum atomic E-state index is -4.67. The smallest absolute Gasteiger partial charge is 0.394 e. The van der Waals surface area contributed by atoms with Crippen LogP contribution in [-0.2, 0) is 29.5 Å². The van der Waals surface area contributed by atoms with Gasteiger partial charge in [0.15, 0.2) is 10.3 Å². The number of aliphatic hydroxyl groups excluding tert-OH is 1. The largest absolute Gasteiger partial charge is 0.493 e. The van der Waals surface area contributed by atoms with Gasteiger partial charge in [-0.1, -0.05) is 60.0 Å². The van der Waals surface area contributed by atoms with Gasteiger partial charge in [0.1, 0.15) is 6.42 Å². The first-order valence-electron chi connectivity index (χ1n) is 14.4. The number of rotatable bonds is 8. The number of esters is 2. The summed E-state index contributed by atoms with van der Waals surface area (Å²) in [5, 5.41) is 39.2. The Morgan fingerprint density at radius 2 is 1.25 bits per heavy atom. The number of nitrogens with one attached hydrogen (secondary N) is 5. The molecular weight excluding hydrogens is 851 g/mol. The lowest BCUT2D eigenvalue weighted by Crippen LogP contribution is -2.13. The lowest BCUT2D eigenvalue weighted by atomic mass is 10.3. The van der Waals surface area contributed by atoms with Crippen molar-refractivity contribution in [2.24, 2.45) is 22.9 Å². The van der Waals surface area contributed by atoms with Crippen molar-refractivity contribution in [3.63, 3.8) is 0 Å². The maximum absolute atomic E-state index is 10.7. The van der Waals surface area contributed by atoms with Crippen LogP contribution in [0.1, 0.15) is 60.8 Å². The van der Waals surface area contributed by atoms with Gasteiger partial charge in [-0.2, -0.15) is 13.4 Å². The third-order valence-corrected chi connectivity index (χ3v) is 3.81. The van der Waals surface area contributed by atoms with Crippen LogP contribution in [-0.4, -0.2) is 116 Å². The zero-order valence-electron chi connectivity index (χ0n) is 30.7. The number of alkyl halides is 1. The first kappa shape index (κ1) is 66.3. The van der Waals surface area contributed by atoms with E-state index in [0.29, 0.717) is 6.54 Å². The highest BCUT2D eigenvalue weighted by Crippen LogP contribution is 2.00. The Labute approximate surface area is 323 Å². The molecular formula is C26H61IN10O11S3. The third kappa shape index (κ3) is 113. The van der Waals surface area contributed by atoms with Crippen LogP contribution in [0.15, 0.2) is 10.9 Å². The van der Waals surface area contributed by atoms with Crippen LogP contribution in [0.4, 0.5) is 5.95 Å². The number of aliphatic hydroxyl groups is 1. The topological polar surface area (TPSA) is 401 Å². The standard InChI is InChI=1S/C7H12O4.C6H9N3O2.C4H10N2.2C2H6N2S.C2H7N.C2H6O.CH3I.H2O4S/c1-3-10-6(8)5-7(9)11-4-2;1-2-7-6-8-4(10)3-5(11)9-6;1-2-3-4(5)6;2*1-5-2(3)4;2*1-2-3;1-2;1-5(2,3)4/h3-5H2,1-2H3;3H,2H2,1H3,(H3,7,8,9,10,11);2-3H2,1H3,(H3,5,6);2*1H3,(H3,3,4);2-3H2,1H3;3H,2H2,1H3;1H3;(H2,1,2,3,4). The molecule has 0 saturated carbocycles. The Balaban J connectivity index is -0.0000000717. The fourth-order valence-corrected chi connectivity index (χ4v) is 1.51. The minimum absolute atomic E-state index is 0.171. The average molecular weight is 913 g/mol. The van der Waals surface area contributed by atoms with Crippen molar-refractivity contribution in [3.8, 4) is 5.88 Å². The van der Waals surface area contributed by atoms with Crippen molar-refractivity contribution in [2.75, 3.05) is 55.7 Å². The van der Waals surface area contributed by atoms with Gasteiger partial charge in [0.2, 0.25) is 11.8 Å². The van der Waals surface area contributed by atoms with Gasteiger partial charge in [-0.25, -0.2) is 0 Å². The predicted octanol–water partition coefficient (Wildman–Crippen LogP) is 1.98. The number of carbonyl (C=O) groups is 2. The van der Waals surface area contributed by atoms with Crippen LogP contribution in [0.2, 0.25) is 0 Å². The highest BCUT2D eigenvalue weighted by atomic mass is 127. The summed E-state index contributed by atoms with van der Waals surface area (Å²) in [4.78, 5) is 39.9. The number of H-pyrrole nitrogens is 1. The maximum Gasteiger partial charge on any atom is 0.394 e. The van der Waals surface area contributed by atoms with Crippen LogP contribution < -0.4 is 33.8 Å². The van der Waals surface area contributed by atoms with E-state index in [1.54, 1.807) is 33.3 Å². The number of thioether (sulfide) groups is 2. The van der Waals surface area contributed by atoms with Crippen LogP contribution in [0.3, 0.4) is 0 Å². The Kier molecular flexibility index (Phi) is 70.0. The van der Waals surface area contributed by atoms with E-state index in [4.69, 9.17) is 66.9 Å². The Morgan fingerprint density at radius 1 is 0.941 bits per heavy atom. The first-order valence-corrected chi connectivity index (χ1v) is 20.4. The summed E-state index contributed by atoms with van der Waals surface area (Å²) in [5.41, 5.74) is 19.1. The molecule has 17 N–H and O–H groups in total. The molecule has 0 aromatic carbocycles. The molecule has 1 rings (SSSR count). The lowest BCUT2D eigenvalue weighted by molar-refractivity contribution is -0.153. The first-order chi connectivity index (χ1) is 23.6. The van der Waals surface area contributed by atoms with E-state index >= 15 is 0 Å². The Bertz CT molecular complexity index is 1100. The number of nitrogens with two attached hydrogens (primary N) is 4. The van der Waals surface area contributed by atoms with E-state index in [-0.39, 0.29) is 59.8 Å². The normalized spacial score (nSPS) is 8.35. The highest BCUT2D eigenvalue weighted by molar-refractivity contribution is 14.1. The van der Waals surface area contributed by atoms with Crippen molar-refractivity contribution >= 4 is 90.6 Å². The molecule has 1 aromatic rings. The maximum atomic E-state index is 10.7. The van der Waals surface area contributed by atoms with Gasteiger partial charge in [-0.05, 0) is 58.1 Å². The monoisotopic (exact) mass is 912 g/mol.